The molecule has 2 aromatic rings. The number of ether oxygens (including phenoxy) is 2. The van der Waals surface area contributed by atoms with Crippen LogP contribution >= 0.6 is 0 Å². The molecular formula is C28H32F3N5O6. The van der Waals surface area contributed by atoms with Gasteiger partial charge in [0.2, 0.25) is 0 Å². The summed E-state index contributed by atoms with van der Waals surface area (Å²) < 4.78 is 49.4. The number of hydrogen-bond acceptors (Lipinski definition) is 7. The van der Waals surface area contributed by atoms with Crippen LogP contribution in [-0.2, 0) is 14.3 Å². The molecular weight excluding hydrogens is 559 g/mol. The minimum absolute atomic E-state index is 0.0795. The number of carbonyl (C=O) groups excluding carboxylic acids is 4. The van der Waals surface area contributed by atoms with Gasteiger partial charge < -0.3 is 30.3 Å². The quantitative estimate of drug-likeness (QED) is 0.402. The van der Waals surface area contributed by atoms with E-state index < -0.39 is 30.1 Å². The van der Waals surface area contributed by atoms with E-state index in [0.29, 0.717) is 24.9 Å². The summed E-state index contributed by atoms with van der Waals surface area (Å²) in [4.78, 5) is 54.0. The molecule has 2 fully saturated rings. The van der Waals surface area contributed by atoms with E-state index in [0.717, 1.165) is 5.56 Å². The minimum atomic E-state index is -5.05. The second-order valence-corrected chi connectivity index (χ2v) is 10.4. The van der Waals surface area contributed by atoms with Crippen molar-refractivity contribution in [1.82, 2.24) is 25.8 Å². The Kier molecular flexibility index (Phi) is 9.53. The van der Waals surface area contributed by atoms with Gasteiger partial charge in [-0.2, -0.15) is 13.2 Å². The Bertz CT molecular complexity index is 1290. The Morgan fingerprint density at radius 2 is 1.83 bits per heavy atom. The molecule has 2 saturated heterocycles. The van der Waals surface area contributed by atoms with Gasteiger partial charge in [-0.15, -0.1) is 0 Å². The summed E-state index contributed by atoms with van der Waals surface area (Å²) in [7, 11) is 0. The summed E-state index contributed by atoms with van der Waals surface area (Å²) in [5, 5.41) is 7.57. The predicted octanol–water partition coefficient (Wildman–Crippen LogP) is 2.80. The van der Waals surface area contributed by atoms with E-state index in [4.69, 9.17) is 9.47 Å². The number of benzene rings is 1. The highest BCUT2D eigenvalue weighted by atomic mass is 19.4. The SMILES string of the molecule is Cc1ccc([C@@H](Oc2ccc(C(=O)N[C@H]3CCCN(C(=O)N[C@@H]4COC(=O)C4)C3)nc2)[C@H](C)NC(=O)C(F)(F)F)cc1. The van der Waals surface area contributed by atoms with Gasteiger partial charge >= 0.3 is 24.1 Å². The molecule has 2 aliphatic rings. The van der Waals surface area contributed by atoms with Crippen molar-refractivity contribution in [1.29, 1.82) is 0 Å². The number of hydrogen-bond donors (Lipinski definition) is 3. The molecule has 4 atom stereocenters. The second kappa shape index (κ2) is 13.1. The van der Waals surface area contributed by atoms with Gasteiger partial charge in [-0.1, -0.05) is 29.8 Å². The van der Waals surface area contributed by atoms with Gasteiger partial charge in [-0.25, -0.2) is 9.78 Å². The number of carbonyl (C=O) groups is 4. The van der Waals surface area contributed by atoms with Crippen LogP contribution in [0, 0.1) is 6.92 Å². The lowest BCUT2D eigenvalue weighted by atomic mass is 10.0. The Labute approximate surface area is 240 Å². The summed E-state index contributed by atoms with van der Waals surface area (Å²) in [6.07, 6.45) is -3.30. The lowest BCUT2D eigenvalue weighted by Crippen LogP contribution is -2.53. The zero-order valence-corrected chi connectivity index (χ0v) is 23.1. The van der Waals surface area contributed by atoms with Crippen LogP contribution < -0.4 is 20.7 Å². The number of pyridine rings is 1. The van der Waals surface area contributed by atoms with Crippen LogP contribution in [0.25, 0.3) is 0 Å². The van der Waals surface area contributed by atoms with Crippen molar-refractivity contribution in [3.05, 3.63) is 59.4 Å². The van der Waals surface area contributed by atoms with Crippen LogP contribution in [0.2, 0.25) is 0 Å². The van der Waals surface area contributed by atoms with Crippen LogP contribution in [0.3, 0.4) is 0 Å². The highest BCUT2D eigenvalue weighted by Gasteiger charge is 2.40. The molecule has 2 aliphatic heterocycles. The fraction of sp³-hybridized carbons (Fsp3) is 0.464. The van der Waals surface area contributed by atoms with E-state index in [1.807, 2.05) is 12.2 Å². The van der Waals surface area contributed by atoms with Crippen LogP contribution in [-0.4, -0.2) is 77.7 Å². The molecule has 42 heavy (non-hydrogen) atoms. The maximum Gasteiger partial charge on any atom is 0.471 e. The van der Waals surface area contributed by atoms with Gasteiger partial charge in [0.05, 0.1) is 24.7 Å². The molecule has 3 N–H and O–H groups in total. The summed E-state index contributed by atoms with van der Waals surface area (Å²) in [5.41, 5.74) is 1.55. The minimum Gasteiger partial charge on any atom is -0.482 e. The highest BCUT2D eigenvalue weighted by molar-refractivity contribution is 5.92. The van der Waals surface area contributed by atoms with E-state index in [9.17, 15) is 32.3 Å². The maximum atomic E-state index is 12.9. The van der Waals surface area contributed by atoms with E-state index in [1.165, 1.54) is 25.3 Å². The van der Waals surface area contributed by atoms with Crippen LogP contribution in [0.1, 0.15) is 53.9 Å². The van der Waals surface area contributed by atoms with Crippen molar-refractivity contribution >= 4 is 23.8 Å². The second-order valence-electron chi connectivity index (χ2n) is 10.4. The molecule has 0 spiro atoms. The molecule has 4 amide bonds. The van der Waals surface area contributed by atoms with E-state index in [2.05, 4.69) is 15.6 Å². The van der Waals surface area contributed by atoms with Crippen molar-refractivity contribution in [3.63, 3.8) is 0 Å². The Hall–Kier alpha value is -4.36. The van der Waals surface area contributed by atoms with Crippen molar-refractivity contribution in [2.75, 3.05) is 19.7 Å². The summed E-state index contributed by atoms with van der Waals surface area (Å²) in [5.74, 6) is -2.73. The number of esters is 1. The lowest BCUT2D eigenvalue weighted by molar-refractivity contribution is -0.174. The van der Waals surface area contributed by atoms with Gasteiger partial charge in [-0.05, 0) is 44.4 Å². The molecule has 226 valence electrons. The number of rotatable bonds is 8. The number of likely N-dealkylation sites (tertiary alicyclic amines) is 1. The van der Waals surface area contributed by atoms with Crippen molar-refractivity contribution in [3.8, 4) is 5.75 Å². The number of cyclic esters (lactones) is 1. The number of piperidine rings is 1. The van der Waals surface area contributed by atoms with Crippen molar-refractivity contribution < 1.29 is 41.8 Å². The number of amides is 4. The molecule has 0 aliphatic carbocycles. The molecule has 0 saturated carbocycles. The number of aromatic nitrogens is 1. The zero-order chi connectivity index (χ0) is 30.4. The fourth-order valence-electron chi connectivity index (χ4n) is 4.72. The van der Waals surface area contributed by atoms with E-state index in [-0.39, 0.29) is 55.1 Å². The predicted molar refractivity (Wildman–Crippen MR) is 142 cm³/mol. The molecule has 0 unspecified atom stereocenters. The van der Waals surface area contributed by atoms with Crippen LogP contribution in [0.5, 0.6) is 5.75 Å². The molecule has 3 heterocycles. The number of aryl methyl sites for hydroxylation is 1. The fourth-order valence-corrected chi connectivity index (χ4v) is 4.72. The number of nitrogens with zero attached hydrogens (tertiary/aromatic N) is 2. The molecule has 0 bridgehead atoms. The normalized spacial score (nSPS) is 20.2. The zero-order valence-electron chi connectivity index (χ0n) is 23.1. The van der Waals surface area contributed by atoms with Gasteiger partial charge in [0.1, 0.15) is 24.2 Å². The number of urea groups is 1. The largest absolute Gasteiger partial charge is 0.482 e. The number of halogens is 3. The van der Waals surface area contributed by atoms with E-state index in [1.54, 1.807) is 29.2 Å². The number of nitrogens with one attached hydrogen (secondary N) is 3. The highest BCUT2D eigenvalue weighted by Crippen LogP contribution is 2.26. The molecule has 14 heteroatoms. The Morgan fingerprint density at radius 3 is 2.45 bits per heavy atom. The third-order valence-corrected chi connectivity index (χ3v) is 6.94. The average Bonchev–Trinajstić information content (AvgIpc) is 3.36. The van der Waals surface area contributed by atoms with Gasteiger partial charge in [-0.3, -0.25) is 14.4 Å². The first-order chi connectivity index (χ1) is 19.9. The first-order valence-corrected chi connectivity index (χ1v) is 13.5. The summed E-state index contributed by atoms with van der Waals surface area (Å²) in [6.45, 7) is 4.18. The third kappa shape index (κ3) is 8.10. The smallest absolute Gasteiger partial charge is 0.471 e. The maximum absolute atomic E-state index is 12.9. The van der Waals surface area contributed by atoms with Crippen molar-refractivity contribution in [2.24, 2.45) is 0 Å². The van der Waals surface area contributed by atoms with Crippen LogP contribution in [0.4, 0.5) is 18.0 Å². The van der Waals surface area contributed by atoms with E-state index >= 15 is 0 Å². The molecule has 1 aromatic heterocycles. The monoisotopic (exact) mass is 591 g/mol. The molecule has 11 nitrogen and oxygen atoms in total. The molecule has 1 aromatic carbocycles. The Morgan fingerprint density at radius 1 is 1.10 bits per heavy atom. The topological polar surface area (TPSA) is 139 Å². The molecule has 0 radical (unpaired) electrons. The number of alkyl halides is 3. The van der Waals surface area contributed by atoms with Crippen LogP contribution in [0.15, 0.2) is 42.6 Å². The average molecular weight is 592 g/mol. The van der Waals surface area contributed by atoms with Gasteiger partial charge in [0.15, 0.2) is 0 Å². The Balaban J connectivity index is 1.36. The first kappa shape index (κ1) is 30.6. The van der Waals surface area contributed by atoms with Crippen molar-refractivity contribution in [2.45, 2.75) is 63.5 Å². The first-order valence-electron chi connectivity index (χ1n) is 13.5. The van der Waals surface area contributed by atoms with Gasteiger partial charge in [0, 0.05) is 19.1 Å². The summed E-state index contributed by atoms with van der Waals surface area (Å²) >= 11 is 0. The van der Waals surface area contributed by atoms with Gasteiger partial charge in [0.25, 0.3) is 5.91 Å². The third-order valence-electron chi connectivity index (χ3n) is 6.94. The molecule has 4 rings (SSSR count). The lowest BCUT2D eigenvalue weighted by Gasteiger charge is -2.33. The standard InChI is InChI=1S/C28H32F3N5O6/c1-16-5-7-18(8-6-16)24(17(2)33-26(39)28(29,30)31)42-21-9-10-22(32-13-21)25(38)34-19-4-3-11-36(14-19)27(40)35-20-12-23(37)41-15-20/h5-10,13,17,19-20,24H,3-4,11-12,14-15H2,1-2H3,(H,33,39)(H,34,38)(H,35,40)/t17-,19-,20-,24-/m0/s1. The summed E-state index contributed by atoms with van der Waals surface area (Å²) in [6, 6.07) is 7.73.